The summed E-state index contributed by atoms with van der Waals surface area (Å²) >= 11 is 0. The Labute approximate surface area is 107 Å². The number of sulfonamides is 1. The fourth-order valence-corrected chi connectivity index (χ4v) is 2.93. The highest BCUT2D eigenvalue weighted by Crippen LogP contribution is 2.12. The maximum atomic E-state index is 11.4. The Morgan fingerprint density at radius 3 is 2.56 bits per heavy atom. The number of likely N-dealkylation sites (tertiary alicyclic amines) is 1. The summed E-state index contributed by atoms with van der Waals surface area (Å²) in [5.41, 5.74) is 0. The van der Waals surface area contributed by atoms with Crippen molar-refractivity contribution in [2.75, 3.05) is 32.1 Å². The lowest BCUT2D eigenvalue weighted by Crippen LogP contribution is -2.47. The number of rotatable bonds is 5. The standard InChI is InChI=1S/C10H20N2O5S/c1-2-17-10(14)12-5-3-9(4-6-12)11-18(15,16)8-7-13/h9,11,13H,2-8H2,1H3. The number of aliphatic hydroxyl groups excluding tert-OH is 1. The molecule has 18 heavy (non-hydrogen) atoms. The van der Waals surface area contributed by atoms with Crippen LogP contribution < -0.4 is 4.72 Å². The fraction of sp³-hybridized carbons (Fsp3) is 0.900. The van der Waals surface area contributed by atoms with Gasteiger partial charge >= 0.3 is 6.09 Å². The van der Waals surface area contributed by atoms with Crippen molar-refractivity contribution in [3.05, 3.63) is 0 Å². The van der Waals surface area contributed by atoms with Crippen molar-refractivity contribution >= 4 is 16.1 Å². The van der Waals surface area contributed by atoms with Crippen LogP contribution in [0.1, 0.15) is 19.8 Å². The topological polar surface area (TPSA) is 95.9 Å². The predicted molar refractivity (Wildman–Crippen MR) is 65.6 cm³/mol. The van der Waals surface area contributed by atoms with Crippen molar-refractivity contribution in [2.45, 2.75) is 25.8 Å². The molecular weight excluding hydrogens is 260 g/mol. The van der Waals surface area contributed by atoms with E-state index >= 15 is 0 Å². The van der Waals surface area contributed by atoms with E-state index < -0.39 is 16.6 Å². The molecule has 0 saturated carbocycles. The van der Waals surface area contributed by atoms with Crippen LogP contribution >= 0.6 is 0 Å². The number of hydrogen-bond acceptors (Lipinski definition) is 5. The van der Waals surface area contributed by atoms with Gasteiger partial charge in [-0.1, -0.05) is 0 Å². The van der Waals surface area contributed by atoms with E-state index in [1.165, 1.54) is 0 Å². The number of aliphatic hydroxyl groups is 1. The summed E-state index contributed by atoms with van der Waals surface area (Å²) in [5, 5.41) is 8.62. The lowest BCUT2D eigenvalue weighted by Gasteiger charge is -2.31. The zero-order valence-electron chi connectivity index (χ0n) is 10.5. The van der Waals surface area contributed by atoms with E-state index in [1.54, 1.807) is 11.8 Å². The Hall–Kier alpha value is -0.860. The largest absolute Gasteiger partial charge is 0.450 e. The number of ether oxygens (including phenoxy) is 1. The first-order valence-electron chi connectivity index (χ1n) is 6.01. The van der Waals surface area contributed by atoms with E-state index in [-0.39, 0.29) is 17.9 Å². The van der Waals surface area contributed by atoms with E-state index in [4.69, 9.17) is 9.84 Å². The summed E-state index contributed by atoms with van der Waals surface area (Å²) in [6, 6.07) is -0.174. The highest BCUT2D eigenvalue weighted by Gasteiger charge is 2.26. The van der Waals surface area contributed by atoms with Crippen molar-refractivity contribution in [2.24, 2.45) is 0 Å². The molecule has 0 spiro atoms. The van der Waals surface area contributed by atoms with Crippen LogP contribution in [0.5, 0.6) is 0 Å². The molecule has 0 aromatic heterocycles. The van der Waals surface area contributed by atoms with Crippen molar-refractivity contribution in [3.8, 4) is 0 Å². The third kappa shape index (κ3) is 4.79. The summed E-state index contributed by atoms with van der Waals surface area (Å²) in [7, 11) is -3.41. The second kappa shape index (κ2) is 6.91. The van der Waals surface area contributed by atoms with Crippen LogP contribution in [0.3, 0.4) is 0 Å². The molecule has 1 aliphatic rings. The van der Waals surface area contributed by atoms with Crippen molar-refractivity contribution in [3.63, 3.8) is 0 Å². The smallest absolute Gasteiger partial charge is 0.409 e. The van der Waals surface area contributed by atoms with Crippen LogP contribution in [0.25, 0.3) is 0 Å². The van der Waals surface area contributed by atoms with Gasteiger partial charge in [-0.3, -0.25) is 0 Å². The summed E-state index contributed by atoms with van der Waals surface area (Å²) < 4.78 is 30.3. The average molecular weight is 280 g/mol. The normalized spacial score (nSPS) is 17.8. The molecule has 1 fully saturated rings. The number of carbonyl (C=O) groups is 1. The lowest BCUT2D eigenvalue weighted by molar-refractivity contribution is 0.0966. The van der Waals surface area contributed by atoms with Crippen molar-refractivity contribution in [1.29, 1.82) is 0 Å². The molecule has 1 saturated heterocycles. The minimum absolute atomic E-state index is 0.174. The lowest BCUT2D eigenvalue weighted by atomic mass is 10.1. The molecular formula is C10H20N2O5S. The van der Waals surface area contributed by atoms with E-state index in [2.05, 4.69) is 4.72 Å². The van der Waals surface area contributed by atoms with Gasteiger partial charge in [0.05, 0.1) is 19.0 Å². The predicted octanol–water partition coefficient (Wildman–Crippen LogP) is -0.481. The first-order valence-corrected chi connectivity index (χ1v) is 7.66. The second-order valence-corrected chi connectivity index (χ2v) is 5.99. The maximum Gasteiger partial charge on any atom is 0.409 e. The highest BCUT2D eigenvalue weighted by atomic mass is 32.2. The molecule has 0 atom stereocenters. The highest BCUT2D eigenvalue weighted by molar-refractivity contribution is 7.89. The van der Waals surface area contributed by atoms with Crippen LogP contribution in [0.15, 0.2) is 0 Å². The zero-order valence-corrected chi connectivity index (χ0v) is 11.3. The molecule has 0 aromatic rings. The number of hydrogen-bond donors (Lipinski definition) is 2. The number of piperidine rings is 1. The number of amides is 1. The summed E-state index contributed by atoms with van der Waals surface area (Å²) in [4.78, 5) is 13.0. The fourth-order valence-electron chi connectivity index (χ4n) is 1.83. The molecule has 1 heterocycles. The van der Waals surface area contributed by atoms with E-state index in [0.717, 1.165) is 0 Å². The third-order valence-electron chi connectivity index (χ3n) is 2.73. The SMILES string of the molecule is CCOC(=O)N1CCC(NS(=O)(=O)CCO)CC1. The van der Waals surface area contributed by atoms with Crippen LogP contribution in [-0.2, 0) is 14.8 Å². The first kappa shape index (κ1) is 15.2. The molecule has 0 unspecified atom stereocenters. The summed E-state index contributed by atoms with van der Waals surface area (Å²) in [6.07, 6.45) is 0.765. The Kier molecular flexibility index (Phi) is 5.83. The monoisotopic (exact) mass is 280 g/mol. The average Bonchev–Trinajstić information content (AvgIpc) is 2.29. The van der Waals surface area contributed by atoms with Gasteiger partial charge in [-0.25, -0.2) is 17.9 Å². The van der Waals surface area contributed by atoms with Gasteiger partial charge in [-0.15, -0.1) is 0 Å². The van der Waals surface area contributed by atoms with Crippen molar-refractivity contribution in [1.82, 2.24) is 9.62 Å². The van der Waals surface area contributed by atoms with Crippen LogP contribution in [-0.4, -0.2) is 62.6 Å². The van der Waals surface area contributed by atoms with Crippen LogP contribution in [0.4, 0.5) is 4.79 Å². The molecule has 0 bridgehead atoms. The Bertz CT molecular complexity index is 362. The molecule has 2 N–H and O–H groups in total. The van der Waals surface area contributed by atoms with Crippen LogP contribution in [0.2, 0.25) is 0 Å². The zero-order chi connectivity index (χ0) is 13.6. The maximum absolute atomic E-state index is 11.4. The molecule has 1 rings (SSSR count). The number of nitrogens with zero attached hydrogens (tertiary/aromatic N) is 1. The number of carbonyl (C=O) groups excluding carboxylic acids is 1. The second-order valence-electron chi connectivity index (χ2n) is 4.12. The molecule has 1 aliphatic heterocycles. The molecule has 0 aliphatic carbocycles. The minimum atomic E-state index is -3.41. The Balaban J connectivity index is 2.38. The summed E-state index contributed by atoms with van der Waals surface area (Å²) in [5.74, 6) is -0.287. The molecule has 7 nitrogen and oxygen atoms in total. The number of nitrogens with one attached hydrogen (secondary N) is 1. The summed E-state index contributed by atoms with van der Waals surface area (Å²) in [6.45, 7) is 2.64. The van der Waals surface area contributed by atoms with Gasteiger partial charge in [0.15, 0.2) is 0 Å². The van der Waals surface area contributed by atoms with E-state index in [0.29, 0.717) is 32.5 Å². The molecule has 106 valence electrons. The Morgan fingerprint density at radius 1 is 1.44 bits per heavy atom. The molecule has 1 amide bonds. The molecule has 0 radical (unpaired) electrons. The van der Waals surface area contributed by atoms with Gasteiger partial charge in [0.25, 0.3) is 0 Å². The van der Waals surface area contributed by atoms with Gasteiger partial charge in [0.1, 0.15) is 0 Å². The Morgan fingerprint density at radius 2 is 2.06 bits per heavy atom. The van der Waals surface area contributed by atoms with Gasteiger partial charge < -0.3 is 14.7 Å². The third-order valence-corrected chi connectivity index (χ3v) is 4.14. The van der Waals surface area contributed by atoms with E-state index in [1.807, 2.05) is 0 Å². The van der Waals surface area contributed by atoms with Gasteiger partial charge in [0.2, 0.25) is 10.0 Å². The van der Waals surface area contributed by atoms with E-state index in [9.17, 15) is 13.2 Å². The van der Waals surface area contributed by atoms with Crippen LogP contribution in [0, 0.1) is 0 Å². The van der Waals surface area contributed by atoms with Gasteiger partial charge in [0, 0.05) is 19.1 Å². The molecule has 8 heteroatoms. The minimum Gasteiger partial charge on any atom is -0.450 e. The van der Waals surface area contributed by atoms with Crippen molar-refractivity contribution < 1.29 is 23.1 Å². The van der Waals surface area contributed by atoms with Gasteiger partial charge in [-0.05, 0) is 19.8 Å². The molecule has 0 aromatic carbocycles. The van der Waals surface area contributed by atoms with Gasteiger partial charge in [-0.2, -0.15) is 0 Å². The first-order chi connectivity index (χ1) is 8.48. The quantitative estimate of drug-likeness (QED) is 0.709.